The van der Waals surface area contributed by atoms with E-state index in [1.807, 2.05) is 13.8 Å². The van der Waals surface area contributed by atoms with Crippen molar-refractivity contribution in [3.8, 4) is 17.1 Å². The van der Waals surface area contributed by atoms with Crippen LogP contribution >= 0.6 is 11.6 Å². The first kappa shape index (κ1) is 29.4. The Morgan fingerprint density at radius 3 is 2.60 bits per heavy atom. The van der Waals surface area contributed by atoms with Gasteiger partial charge in [0.1, 0.15) is 12.9 Å². The van der Waals surface area contributed by atoms with Gasteiger partial charge in [0.15, 0.2) is 23.4 Å². The number of amides is 1. The summed E-state index contributed by atoms with van der Waals surface area (Å²) in [6.45, 7) is 3.56. The van der Waals surface area contributed by atoms with Gasteiger partial charge in [0, 0.05) is 29.9 Å². The number of benzene rings is 1. The van der Waals surface area contributed by atoms with E-state index < -0.39 is 30.1 Å². The van der Waals surface area contributed by atoms with Crippen LogP contribution in [0.3, 0.4) is 0 Å². The molecule has 4 heterocycles. The minimum absolute atomic E-state index is 0.0931. The molecule has 1 unspecified atom stereocenters. The molecule has 4 aromatic rings. The molecule has 1 atom stereocenters. The summed E-state index contributed by atoms with van der Waals surface area (Å²) in [4.78, 5) is 36.7. The second-order valence-electron chi connectivity index (χ2n) is 10.3. The third-order valence-corrected chi connectivity index (χ3v) is 6.79. The molecule has 0 bridgehead atoms. The second-order valence-corrected chi connectivity index (χ2v) is 10.7. The van der Waals surface area contributed by atoms with Crippen molar-refractivity contribution in [2.24, 2.45) is 0 Å². The summed E-state index contributed by atoms with van der Waals surface area (Å²) < 4.78 is 48.1. The van der Waals surface area contributed by atoms with Crippen molar-refractivity contribution in [2.75, 3.05) is 19.7 Å². The van der Waals surface area contributed by atoms with E-state index in [0.29, 0.717) is 36.0 Å². The van der Waals surface area contributed by atoms with Crippen molar-refractivity contribution in [1.29, 1.82) is 0 Å². The van der Waals surface area contributed by atoms with E-state index in [4.69, 9.17) is 16.3 Å². The van der Waals surface area contributed by atoms with Crippen molar-refractivity contribution in [3.63, 3.8) is 0 Å². The third-order valence-electron chi connectivity index (χ3n) is 6.54. The molecule has 1 aliphatic rings. The van der Waals surface area contributed by atoms with Gasteiger partial charge in [-0.2, -0.15) is 13.2 Å². The molecular weight excluding hydrogens is 581 g/mol. The van der Waals surface area contributed by atoms with Gasteiger partial charge in [-0.3, -0.25) is 9.36 Å². The number of carbonyl (C=O) groups is 1. The highest BCUT2D eigenvalue weighted by molar-refractivity contribution is 6.30. The molecule has 3 aromatic heterocycles. The molecule has 1 amide bonds. The Kier molecular flexibility index (Phi) is 7.92. The fourth-order valence-electron chi connectivity index (χ4n) is 4.50. The zero-order valence-electron chi connectivity index (χ0n) is 22.5. The maximum atomic E-state index is 13.4. The van der Waals surface area contributed by atoms with Crippen LogP contribution in [-0.4, -0.2) is 87.6 Å². The molecule has 1 N–H and O–H groups in total. The summed E-state index contributed by atoms with van der Waals surface area (Å²) in [6.07, 6.45) is -4.92. The number of hydrogen-bond donors (Lipinski definition) is 1. The lowest BCUT2D eigenvalue weighted by molar-refractivity contribution is -0.207. The number of carbonyl (C=O) groups excluding carboxylic acids is 1. The molecule has 1 fully saturated rings. The first-order chi connectivity index (χ1) is 19.8. The van der Waals surface area contributed by atoms with Gasteiger partial charge in [0.25, 0.3) is 5.91 Å². The second kappa shape index (κ2) is 11.3. The number of rotatable bonds is 7. The van der Waals surface area contributed by atoms with E-state index in [9.17, 15) is 27.9 Å². The normalized spacial score (nSPS) is 16.0. The molecule has 0 radical (unpaired) electrons. The summed E-state index contributed by atoms with van der Waals surface area (Å²) in [6, 6.07) is 9.26. The van der Waals surface area contributed by atoms with Crippen LogP contribution in [0.15, 0.2) is 53.7 Å². The summed E-state index contributed by atoms with van der Waals surface area (Å²) >= 11 is 5.93. The topological polar surface area (TPSA) is 133 Å². The van der Waals surface area contributed by atoms with Gasteiger partial charge in [-0.25, -0.2) is 24.1 Å². The molecular formula is C26H26ClF3N8O4. The van der Waals surface area contributed by atoms with Gasteiger partial charge in [0.2, 0.25) is 0 Å². The number of hydrogen-bond acceptors (Lipinski definition) is 8. The van der Waals surface area contributed by atoms with Crippen LogP contribution in [-0.2, 0) is 17.8 Å². The molecule has 0 spiro atoms. The quantitative estimate of drug-likeness (QED) is 0.339. The molecule has 1 aliphatic heterocycles. The Morgan fingerprint density at radius 1 is 1.17 bits per heavy atom. The Labute approximate surface area is 241 Å². The Bertz CT molecular complexity index is 1650. The number of ether oxygens (including phenoxy) is 1. The number of nitrogens with zero attached hydrogens (tertiary/aromatic N) is 8. The molecule has 42 heavy (non-hydrogen) atoms. The highest BCUT2D eigenvalue weighted by Gasteiger charge is 2.39. The van der Waals surface area contributed by atoms with Crippen LogP contribution in [0, 0.1) is 0 Å². The zero-order chi connectivity index (χ0) is 30.2. The number of halogens is 4. The lowest BCUT2D eigenvalue weighted by atomic mass is 10.1. The predicted octanol–water partition coefficient (Wildman–Crippen LogP) is 2.56. The summed E-state index contributed by atoms with van der Waals surface area (Å²) in [7, 11) is 0. The van der Waals surface area contributed by atoms with Gasteiger partial charge in [-0.05, 0) is 50.2 Å². The molecule has 222 valence electrons. The number of aliphatic hydroxyl groups is 1. The number of pyridine rings is 1. The first-order valence-corrected chi connectivity index (χ1v) is 13.2. The highest BCUT2D eigenvalue weighted by atomic mass is 35.5. The van der Waals surface area contributed by atoms with Crippen molar-refractivity contribution >= 4 is 17.5 Å². The van der Waals surface area contributed by atoms with Crippen molar-refractivity contribution < 1.29 is 27.8 Å². The maximum Gasteiger partial charge on any atom is 0.416 e. The molecule has 12 nitrogen and oxygen atoms in total. The van der Waals surface area contributed by atoms with E-state index in [1.54, 1.807) is 17.0 Å². The van der Waals surface area contributed by atoms with Gasteiger partial charge < -0.3 is 14.7 Å². The third kappa shape index (κ3) is 6.22. The zero-order valence-corrected chi connectivity index (χ0v) is 23.2. The molecule has 0 saturated carbocycles. The lowest BCUT2D eigenvalue weighted by Crippen LogP contribution is -2.50. The van der Waals surface area contributed by atoms with Crippen LogP contribution < -0.4 is 5.69 Å². The number of aromatic nitrogens is 7. The minimum Gasteiger partial charge on any atom is -0.382 e. The van der Waals surface area contributed by atoms with Gasteiger partial charge in [-0.15, -0.1) is 10.2 Å². The van der Waals surface area contributed by atoms with Gasteiger partial charge in [0.05, 0.1) is 24.4 Å². The Balaban J connectivity index is 1.45. The standard InChI is InChI=1S/C26H26ClF3N8O4/c1-25(2)14-35(10-11-42-25)23(40)21-18(4-3-9-31-21)38-15-32-20(33-38)13-37-24(41)36(12-19(39)26(28,29)30)22(34-37)16-5-7-17(27)8-6-16/h3-9,15,19,39H,10-14H2,1-2H3. The molecule has 0 aliphatic carbocycles. The number of alkyl halides is 3. The van der Waals surface area contributed by atoms with E-state index in [0.717, 1.165) is 9.25 Å². The molecule has 1 saturated heterocycles. The van der Waals surface area contributed by atoms with Crippen molar-refractivity contribution in [3.05, 3.63) is 75.9 Å². The average molecular weight is 607 g/mol. The molecule has 5 rings (SSSR count). The fourth-order valence-corrected chi connectivity index (χ4v) is 4.63. The smallest absolute Gasteiger partial charge is 0.382 e. The predicted molar refractivity (Wildman–Crippen MR) is 143 cm³/mol. The van der Waals surface area contributed by atoms with Crippen molar-refractivity contribution in [1.82, 2.24) is 39.0 Å². The van der Waals surface area contributed by atoms with Gasteiger partial charge >= 0.3 is 11.9 Å². The largest absolute Gasteiger partial charge is 0.416 e. The SMILES string of the molecule is CC1(C)CN(C(=O)c2ncccc2-n2cnc(Cn3nc(-c4ccc(Cl)cc4)n(CC(O)C(F)(F)F)c3=O)n2)CCO1. The Morgan fingerprint density at radius 2 is 1.90 bits per heavy atom. The van der Waals surface area contributed by atoms with Crippen LogP contribution in [0.4, 0.5) is 13.2 Å². The van der Waals surface area contributed by atoms with Crippen LogP contribution in [0.25, 0.3) is 17.1 Å². The minimum atomic E-state index is -4.95. The first-order valence-electron chi connectivity index (χ1n) is 12.8. The van der Waals surface area contributed by atoms with Crippen LogP contribution in [0.2, 0.25) is 5.02 Å². The summed E-state index contributed by atoms with van der Waals surface area (Å²) in [5, 5.41) is 18.6. The number of aliphatic hydroxyl groups excluding tert-OH is 1. The summed E-state index contributed by atoms with van der Waals surface area (Å²) in [5.74, 6) is -0.326. The number of morpholine rings is 1. The van der Waals surface area contributed by atoms with Crippen LogP contribution in [0.1, 0.15) is 30.2 Å². The molecule has 16 heteroatoms. The van der Waals surface area contributed by atoms with Crippen LogP contribution in [0.5, 0.6) is 0 Å². The molecule has 1 aromatic carbocycles. The monoisotopic (exact) mass is 606 g/mol. The highest BCUT2D eigenvalue weighted by Crippen LogP contribution is 2.24. The Hall–Kier alpha value is -4.08. The van der Waals surface area contributed by atoms with E-state index in [-0.39, 0.29) is 29.8 Å². The lowest BCUT2D eigenvalue weighted by Gasteiger charge is -2.38. The maximum absolute atomic E-state index is 13.4. The van der Waals surface area contributed by atoms with Gasteiger partial charge in [-0.1, -0.05) is 11.6 Å². The summed E-state index contributed by atoms with van der Waals surface area (Å²) in [5.41, 5.74) is -0.626. The van der Waals surface area contributed by atoms with E-state index >= 15 is 0 Å². The van der Waals surface area contributed by atoms with Crippen molar-refractivity contribution in [2.45, 2.75) is 44.8 Å². The van der Waals surface area contributed by atoms with E-state index in [1.165, 1.54) is 41.5 Å². The van der Waals surface area contributed by atoms with E-state index in [2.05, 4.69) is 20.2 Å². The fraction of sp³-hybridized carbons (Fsp3) is 0.385. The average Bonchev–Trinajstić information content (AvgIpc) is 3.52.